The van der Waals surface area contributed by atoms with Crippen LogP contribution in [0.15, 0.2) is 78.9 Å². The lowest BCUT2D eigenvalue weighted by Gasteiger charge is -2.43. The quantitative estimate of drug-likeness (QED) is 0.448. The van der Waals surface area contributed by atoms with Crippen LogP contribution in [0, 0.1) is 10.1 Å². The summed E-state index contributed by atoms with van der Waals surface area (Å²) in [6, 6.07) is 24.6. The summed E-state index contributed by atoms with van der Waals surface area (Å²) in [6.45, 7) is 4.80. The number of nitro benzene ring substituents is 1. The van der Waals surface area contributed by atoms with Crippen molar-refractivity contribution in [3.8, 4) is 0 Å². The second kappa shape index (κ2) is 7.75. The molecule has 30 heavy (non-hydrogen) atoms. The first-order valence-corrected chi connectivity index (χ1v) is 10.1. The van der Waals surface area contributed by atoms with Crippen LogP contribution >= 0.6 is 0 Å². The van der Waals surface area contributed by atoms with Crippen molar-refractivity contribution in [2.75, 3.05) is 6.54 Å². The van der Waals surface area contributed by atoms with Gasteiger partial charge in [-0.05, 0) is 49.1 Å². The van der Waals surface area contributed by atoms with E-state index in [1.807, 2.05) is 29.2 Å². The number of carbonyl (C=O) groups is 1. The number of fused-ring (bicyclic) bond motifs is 1. The van der Waals surface area contributed by atoms with Crippen LogP contribution in [0.4, 0.5) is 5.69 Å². The lowest BCUT2D eigenvalue weighted by molar-refractivity contribution is -0.384. The monoisotopic (exact) mass is 400 g/mol. The van der Waals surface area contributed by atoms with Crippen molar-refractivity contribution in [3.63, 3.8) is 0 Å². The van der Waals surface area contributed by atoms with Crippen molar-refractivity contribution in [1.29, 1.82) is 0 Å². The number of nitrogens with zero attached hydrogens (tertiary/aromatic N) is 2. The third kappa shape index (κ3) is 3.47. The predicted octanol–water partition coefficient (Wildman–Crippen LogP) is 5.20. The van der Waals surface area contributed by atoms with Crippen molar-refractivity contribution in [3.05, 3.63) is 111 Å². The van der Waals surface area contributed by atoms with E-state index in [0.29, 0.717) is 12.1 Å². The highest BCUT2D eigenvalue weighted by atomic mass is 16.6. The molecule has 5 nitrogen and oxygen atoms in total. The van der Waals surface area contributed by atoms with Gasteiger partial charge >= 0.3 is 0 Å². The van der Waals surface area contributed by atoms with Gasteiger partial charge in [-0.25, -0.2) is 0 Å². The van der Waals surface area contributed by atoms with Gasteiger partial charge in [0.25, 0.3) is 11.6 Å². The number of amides is 1. The fraction of sp³-hybridized carbons (Fsp3) is 0.240. The maximum Gasteiger partial charge on any atom is 0.269 e. The molecular weight excluding hydrogens is 376 g/mol. The minimum Gasteiger partial charge on any atom is -0.332 e. The van der Waals surface area contributed by atoms with Crippen LogP contribution in [-0.4, -0.2) is 27.8 Å². The first kappa shape index (κ1) is 19.8. The van der Waals surface area contributed by atoms with Gasteiger partial charge in [0.2, 0.25) is 0 Å². The Morgan fingerprint density at radius 3 is 2.27 bits per heavy atom. The zero-order chi connectivity index (χ0) is 21.3. The highest BCUT2D eigenvalue weighted by molar-refractivity contribution is 5.95. The zero-order valence-corrected chi connectivity index (χ0v) is 17.1. The summed E-state index contributed by atoms with van der Waals surface area (Å²) in [5.74, 6) is -0.0944. The van der Waals surface area contributed by atoms with Gasteiger partial charge in [0, 0.05) is 35.7 Å². The topological polar surface area (TPSA) is 63.5 Å². The number of hydrogen-bond acceptors (Lipinski definition) is 3. The predicted molar refractivity (Wildman–Crippen MR) is 117 cm³/mol. The molecule has 0 saturated carbocycles. The molecule has 0 bridgehead atoms. The smallest absolute Gasteiger partial charge is 0.269 e. The summed E-state index contributed by atoms with van der Waals surface area (Å²) < 4.78 is 0. The molecule has 1 amide bonds. The lowest BCUT2D eigenvalue weighted by Crippen LogP contribution is -2.51. The number of benzene rings is 3. The molecule has 3 aromatic rings. The molecule has 1 atom stereocenters. The molecule has 0 radical (unpaired) electrons. The maximum absolute atomic E-state index is 13.5. The van der Waals surface area contributed by atoms with Crippen LogP contribution in [0.5, 0.6) is 0 Å². The Bertz CT molecular complexity index is 1080. The largest absolute Gasteiger partial charge is 0.332 e. The summed E-state index contributed by atoms with van der Waals surface area (Å²) in [5, 5.41) is 11.0. The van der Waals surface area contributed by atoms with Gasteiger partial charge < -0.3 is 4.90 Å². The average molecular weight is 400 g/mol. The Labute approximate surface area is 176 Å². The Kier molecular flexibility index (Phi) is 5.12. The van der Waals surface area contributed by atoms with E-state index in [-0.39, 0.29) is 17.5 Å². The first-order chi connectivity index (χ1) is 14.4. The maximum atomic E-state index is 13.5. The fourth-order valence-corrected chi connectivity index (χ4v) is 4.58. The van der Waals surface area contributed by atoms with E-state index in [2.05, 4.69) is 44.2 Å². The average Bonchev–Trinajstić information content (AvgIpc) is 2.86. The van der Waals surface area contributed by atoms with E-state index in [4.69, 9.17) is 0 Å². The van der Waals surface area contributed by atoms with Crippen LogP contribution in [0.2, 0.25) is 0 Å². The Hall–Kier alpha value is -3.47. The molecular formula is C25H24N2O3. The highest BCUT2D eigenvalue weighted by Crippen LogP contribution is 2.43. The third-order valence-corrected chi connectivity index (χ3v) is 6.08. The SMILES string of the molecule is CC1(C)C(c2ccccc2)c2ccccc2CCN1C(=O)c1ccc([N+](=O)[O-])cc1. The normalized spacial score (nSPS) is 17.7. The van der Waals surface area contributed by atoms with Gasteiger partial charge in [0.05, 0.1) is 4.92 Å². The number of carbonyl (C=O) groups excluding carboxylic acids is 1. The van der Waals surface area contributed by atoms with E-state index in [9.17, 15) is 14.9 Å². The van der Waals surface area contributed by atoms with Crippen LogP contribution < -0.4 is 0 Å². The molecule has 0 aliphatic carbocycles. The minimum absolute atomic E-state index is 0.0133. The van der Waals surface area contributed by atoms with Crippen LogP contribution in [-0.2, 0) is 6.42 Å². The Balaban J connectivity index is 1.78. The van der Waals surface area contributed by atoms with Crippen molar-refractivity contribution in [2.45, 2.75) is 31.7 Å². The summed E-state index contributed by atoms with van der Waals surface area (Å²) in [4.78, 5) is 26.0. The molecule has 1 heterocycles. The molecule has 1 aliphatic rings. The lowest BCUT2D eigenvalue weighted by atomic mass is 9.75. The molecule has 4 rings (SSSR count). The van der Waals surface area contributed by atoms with Gasteiger partial charge in [0.1, 0.15) is 0 Å². The fourth-order valence-electron chi connectivity index (χ4n) is 4.58. The summed E-state index contributed by atoms with van der Waals surface area (Å²) in [7, 11) is 0. The number of rotatable bonds is 3. The first-order valence-electron chi connectivity index (χ1n) is 10.1. The standard InChI is InChI=1S/C25H24N2O3/c1-25(2)23(19-9-4-3-5-10-19)22-11-7-6-8-18(22)16-17-26(25)24(28)20-12-14-21(15-13-20)27(29)30/h3-15,23H,16-17H2,1-2H3. The van der Waals surface area contributed by atoms with Crippen molar-refractivity contribution in [2.24, 2.45) is 0 Å². The van der Waals surface area contributed by atoms with Crippen LogP contribution in [0.1, 0.15) is 46.8 Å². The summed E-state index contributed by atoms with van der Waals surface area (Å²) in [6.07, 6.45) is 0.766. The summed E-state index contributed by atoms with van der Waals surface area (Å²) in [5.41, 5.74) is 3.61. The Morgan fingerprint density at radius 1 is 0.967 bits per heavy atom. The molecule has 0 aromatic heterocycles. The molecule has 0 saturated heterocycles. The van der Waals surface area contributed by atoms with E-state index in [1.165, 1.54) is 28.8 Å². The molecule has 5 heteroatoms. The van der Waals surface area contributed by atoms with E-state index >= 15 is 0 Å². The molecule has 152 valence electrons. The second-order valence-electron chi connectivity index (χ2n) is 8.21. The van der Waals surface area contributed by atoms with E-state index in [0.717, 1.165) is 6.42 Å². The highest BCUT2D eigenvalue weighted by Gasteiger charge is 2.42. The van der Waals surface area contributed by atoms with E-state index in [1.54, 1.807) is 12.1 Å². The minimum atomic E-state index is -0.493. The summed E-state index contributed by atoms with van der Waals surface area (Å²) >= 11 is 0. The van der Waals surface area contributed by atoms with E-state index < -0.39 is 10.5 Å². The molecule has 1 aliphatic heterocycles. The number of non-ortho nitro benzene ring substituents is 1. The zero-order valence-electron chi connectivity index (χ0n) is 17.1. The molecule has 0 spiro atoms. The number of nitro groups is 1. The van der Waals surface area contributed by atoms with Gasteiger partial charge in [-0.1, -0.05) is 54.6 Å². The van der Waals surface area contributed by atoms with Crippen molar-refractivity contribution in [1.82, 2.24) is 4.90 Å². The number of hydrogen-bond donors (Lipinski definition) is 0. The Morgan fingerprint density at radius 2 is 1.60 bits per heavy atom. The van der Waals surface area contributed by atoms with Crippen LogP contribution in [0.3, 0.4) is 0 Å². The van der Waals surface area contributed by atoms with Gasteiger partial charge in [-0.3, -0.25) is 14.9 Å². The molecule has 3 aromatic carbocycles. The van der Waals surface area contributed by atoms with Gasteiger partial charge in [-0.2, -0.15) is 0 Å². The van der Waals surface area contributed by atoms with Gasteiger partial charge in [-0.15, -0.1) is 0 Å². The molecule has 1 unspecified atom stereocenters. The van der Waals surface area contributed by atoms with Crippen molar-refractivity contribution < 1.29 is 9.72 Å². The second-order valence-corrected chi connectivity index (χ2v) is 8.21. The van der Waals surface area contributed by atoms with Crippen LogP contribution in [0.25, 0.3) is 0 Å². The van der Waals surface area contributed by atoms with Crippen molar-refractivity contribution >= 4 is 11.6 Å². The molecule has 0 N–H and O–H groups in total. The third-order valence-electron chi connectivity index (χ3n) is 6.08. The molecule has 0 fully saturated rings. The van der Waals surface area contributed by atoms with Gasteiger partial charge in [0.15, 0.2) is 0 Å².